The number of furan rings is 1. The summed E-state index contributed by atoms with van der Waals surface area (Å²) in [7, 11) is 3.28. The Bertz CT molecular complexity index is 1300. The van der Waals surface area contributed by atoms with Gasteiger partial charge in [0.2, 0.25) is 0 Å². The molecule has 0 fully saturated rings. The van der Waals surface area contributed by atoms with E-state index in [0.717, 1.165) is 63.5 Å². The van der Waals surface area contributed by atoms with Gasteiger partial charge in [0.05, 0.1) is 19.7 Å². The van der Waals surface area contributed by atoms with E-state index in [2.05, 4.69) is 15.0 Å². The summed E-state index contributed by atoms with van der Waals surface area (Å²) in [5, 5.41) is 1.08. The first-order valence-corrected chi connectivity index (χ1v) is 9.78. The van der Waals surface area contributed by atoms with Crippen LogP contribution in [-0.4, -0.2) is 29.2 Å². The molecular weight excluding hydrogens is 378 g/mol. The van der Waals surface area contributed by atoms with E-state index in [4.69, 9.17) is 13.9 Å². The van der Waals surface area contributed by atoms with Gasteiger partial charge in [-0.25, -0.2) is 9.97 Å². The molecule has 5 rings (SSSR count). The number of H-pyrrole nitrogens is 1. The molecule has 1 N–H and O–H groups in total. The maximum absolute atomic E-state index is 5.96. The Morgan fingerprint density at radius 3 is 2.63 bits per heavy atom. The average molecular weight is 399 g/mol. The Kier molecular flexibility index (Phi) is 4.59. The fourth-order valence-corrected chi connectivity index (χ4v) is 3.63. The van der Waals surface area contributed by atoms with Crippen molar-refractivity contribution in [2.75, 3.05) is 14.2 Å². The zero-order valence-corrected chi connectivity index (χ0v) is 16.8. The topological polar surface area (TPSA) is 73.2 Å². The predicted molar refractivity (Wildman–Crippen MR) is 116 cm³/mol. The highest BCUT2D eigenvalue weighted by Crippen LogP contribution is 2.29. The lowest BCUT2D eigenvalue weighted by Crippen LogP contribution is -1.96. The van der Waals surface area contributed by atoms with Gasteiger partial charge in [0.1, 0.15) is 17.2 Å². The Hall–Kier alpha value is -3.80. The molecule has 0 unspecified atom stereocenters. The third kappa shape index (κ3) is 3.37. The van der Waals surface area contributed by atoms with Crippen LogP contribution in [-0.2, 0) is 12.8 Å². The maximum atomic E-state index is 5.96. The Balaban J connectivity index is 1.37. The number of nitrogens with zero attached hydrogens (tertiary/aromatic N) is 2. The van der Waals surface area contributed by atoms with Gasteiger partial charge >= 0.3 is 0 Å². The van der Waals surface area contributed by atoms with E-state index >= 15 is 0 Å². The summed E-state index contributed by atoms with van der Waals surface area (Å²) < 4.78 is 16.6. The molecule has 0 atom stereocenters. The number of aromatic amines is 1. The van der Waals surface area contributed by atoms with Crippen molar-refractivity contribution >= 4 is 22.1 Å². The molecule has 0 saturated carbocycles. The van der Waals surface area contributed by atoms with Crippen LogP contribution in [0, 0.1) is 0 Å². The monoisotopic (exact) mass is 399 g/mol. The van der Waals surface area contributed by atoms with Crippen LogP contribution in [0.25, 0.3) is 33.5 Å². The Morgan fingerprint density at radius 2 is 1.80 bits per heavy atom. The molecule has 3 aromatic heterocycles. The molecule has 0 aliphatic carbocycles. The summed E-state index contributed by atoms with van der Waals surface area (Å²) in [5.74, 6) is 3.16. The number of aryl methyl sites for hydroxylation is 2. The quantitative estimate of drug-likeness (QED) is 0.426. The summed E-state index contributed by atoms with van der Waals surface area (Å²) in [5.41, 5.74) is 4.55. The minimum absolute atomic E-state index is 0.706. The lowest BCUT2D eigenvalue weighted by Gasteiger charge is -2.09. The van der Waals surface area contributed by atoms with Crippen LogP contribution < -0.4 is 9.47 Å². The molecule has 6 nitrogen and oxygen atoms in total. The molecule has 3 heterocycles. The van der Waals surface area contributed by atoms with Crippen molar-refractivity contribution in [2.45, 2.75) is 12.8 Å². The van der Waals surface area contributed by atoms with Crippen molar-refractivity contribution in [2.24, 2.45) is 0 Å². The number of para-hydroxylation sites is 1. The van der Waals surface area contributed by atoms with Gasteiger partial charge in [0, 0.05) is 23.6 Å². The summed E-state index contributed by atoms with van der Waals surface area (Å²) in [4.78, 5) is 12.5. The molecule has 150 valence electrons. The second kappa shape index (κ2) is 7.55. The van der Waals surface area contributed by atoms with Crippen molar-refractivity contribution < 1.29 is 13.9 Å². The molecule has 0 radical (unpaired) electrons. The third-order valence-electron chi connectivity index (χ3n) is 5.19. The SMILES string of the molecule is COc1ccc(CCc2nc3ncc(-c4cc5ccccc5o4)cc3[nH]2)cc1OC. The molecule has 0 saturated heterocycles. The van der Waals surface area contributed by atoms with Crippen LogP contribution in [0.1, 0.15) is 11.4 Å². The van der Waals surface area contributed by atoms with E-state index in [9.17, 15) is 0 Å². The van der Waals surface area contributed by atoms with E-state index in [-0.39, 0.29) is 0 Å². The highest BCUT2D eigenvalue weighted by molar-refractivity contribution is 5.84. The van der Waals surface area contributed by atoms with E-state index in [1.807, 2.05) is 54.6 Å². The predicted octanol–water partition coefficient (Wildman–Crippen LogP) is 5.17. The van der Waals surface area contributed by atoms with Gasteiger partial charge in [-0.15, -0.1) is 0 Å². The number of nitrogens with one attached hydrogen (secondary N) is 1. The molecule has 5 aromatic rings. The number of hydrogen-bond donors (Lipinski definition) is 1. The second-order valence-corrected chi connectivity index (χ2v) is 7.12. The minimum Gasteiger partial charge on any atom is -0.493 e. The molecule has 0 bridgehead atoms. The van der Waals surface area contributed by atoms with Gasteiger partial charge in [-0.05, 0) is 42.3 Å². The molecule has 6 heteroatoms. The number of fused-ring (bicyclic) bond motifs is 2. The second-order valence-electron chi connectivity index (χ2n) is 7.12. The molecule has 0 aliphatic heterocycles. The summed E-state index contributed by atoms with van der Waals surface area (Å²) >= 11 is 0. The van der Waals surface area contributed by atoms with Gasteiger partial charge in [-0.3, -0.25) is 0 Å². The van der Waals surface area contributed by atoms with Crippen LogP contribution in [0.5, 0.6) is 11.5 Å². The zero-order chi connectivity index (χ0) is 20.5. The summed E-state index contributed by atoms with van der Waals surface area (Å²) in [6.07, 6.45) is 3.40. The van der Waals surface area contributed by atoms with Crippen molar-refractivity contribution in [3.8, 4) is 22.8 Å². The number of imidazole rings is 1. The first kappa shape index (κ1) is 18.2. The van der Waals surface area contributed by atoms with Crippen LogP contribution in [0.15, 0.2) is 65.2 Å². The smallest absolute Gasteiger partial charge is 0.177 e. The lowest BCUT2D eigenvalue weighted by atomic mass is 10.1. The number of rotatable bonds is 6. The van der Waals surface area contributed by atoms with Crippen LogP contribution in [0.3, 0.4) is 0 Å². The first-order valence-electron chi connectivity index (χ1n) is 9.78. The van der Waals surface area contributed by atoms with E-state index < -0.39 is 0 Å². The summed E-state index contributed by atoms with van der Waals surface area (Å²) in [6.45, 7) is 0. The number of methoxy groups -OCH3 is 2. The van der Waals surface area contributed by atoms with Crippen LogP contribution in [0.4, 0.5) is 0 Å². The number of aromatic nitrogens is 3. The average Bonchev–Trinajstić information content (AvgIpc) is 3.40. The molecular formula is C24H21N3O3. The van der Waals surface area contributed by atoms with Crippen LogP contribution >= 0.6 is 0 Å². The molecule has 30 heavy (non-hydrogen) atoms. The fraction of sp³-hybridized carbons (Fsp3) is 0.167. The van der Waals surface area contributed by atoms with E-state index in [1.165, 1.54) is 0 Å². The standard InChI is InChI=1S/C24H21N3O3/c1-28-20-9-7-15(11-22(20)29-2)8-10-23-26-18-12-17(14-25-24(18)27-23)21-13-16-5-3-4-6-19(16)30-21/h3-7,9,11-14H,8,10H2,1-2H3,(H,25,26,27). The normalized spacial score (nSPS) is 11.3. The van der Waals surface area contributed by atoms with E-state index in [0.29, 0.717) is 5.65 Å². The number of benzene rings is 2. The van der Waals surface area contributed by atoms with Gasteiger partial charge in [-0.2, -0.15) is 0 Å². The van der Waals surface area contributed by atoms with E-state index in [1.54, 1.807) is 20.4 Å². The minimum atomic E-state index is 0.706. The third-order valence-corrected chi connectivity index (χ3v) is 5.19. The van der Waals surface area contributed by atoms with Crippen molar-refractivity contribution in [1.29, 1.82) is 0 Å². The maximum Gasteiger partial charge on any atom is 0.177 e. The van der Waals surface area contributed by atoms with Gasteiger partial charge in [-0.1, -0.05) is 24.3 Å². The van der Waals surface area contributed by atoms with Gasteiger partial charge < -0.3 is 18.9 Å². The molecule has 0 aliphatic rings. The largest absolute Gasteiger partial charge is 0.493 e. The van der Waals surface area contributed by atoms with Crippen LogP contribution in [0.2, 0.25) is 0 Å². The van der Waals surface area contributed by atoms with Gasteiger partial charge in [0.25, 0.3) is 0 Å². The number of pyridine rings is 1. The number of ether oxygens (including phenoxy) is 2. The highest BCUT2D eigenvalue weighted by Gasteiger charge is 2.11. The van der Waals surface area contributed by atoms with Crippen molar-refractivity contribution in [3.05, 3.63) is 72.2 Å². The number of hydrogen-bond acceptors (Lipinski definition) is 5. The molecule has 2 aromatic carbocycles. The van der Waals surface area contributed by atoms with Gasteiger partial charge in [0.15, 0.2) is 17.1 Å². The fourth-order valence-electron chi connectivity index (χ4n) is 3.63. The first-order chi connectivity index (χ1) is 14.7. The zero-order valence-electron chi connectivity index (χ0n) is 16.8. The Labute approximate surface area is 173 Å². The van der Waals surface area contributed by atoms with Crippen molar-refractivity contribution in [1.82, 2.24) is 15.0 Å². The highest BCUT2D eigenvalue weighted by atomic mass is 16.5. The Morgan fingerprint density at radius 1 is 0.933 bits per heavy atom. The molecule has 0 amide bonds. The summed E-state index contributed by atoms with van der Waals surface area (Å²) in [6, 6.07) is 18.0. The van der Waals surface area contributed by atoms with Crippen molar-refractivity contribution in [3.63, 3.8) is 0 Å². The molecule has 0 spiro atoms. The lowest BCUT2D eigenvalue weighted by molar-refractivity contribution is 0.354.